The molecule has 2 aromatic rings. The van der Waals surface area contributed by atoms with Gasteiger partial charge in [0.15, 0.2) is 0 Å². The van der Waals surface area contributed by atoms with E-state index in [1.165, 1.54) is 5.57 Å². The van der Waals surface area contributed by atoms with Gasteiger partial charge in [-0.1, -0.05) is 18.2 Å². The number of imidazole rings is 1. The SMILES string of the molecule is C/C(=C\CCC/C=C/c1ncc[nH]1)c1ccccn1. The van der Waals surface area contributed by atoms with Crippen molar-refractivity contribution in [2.75, 3.05) is 0 Å². The van der Waals surface area contributed by atoms with E-state index < -0.39 is 0 Å². The van der Waals surface area contributed by atoms with Crippen molar-refractivity contribution >= 4 is 11.6 Å². The van der Waals surface area contributed by atoms with Crippen LogP contribution in [0.4, 0.5) is 0 Å². The molecule has 0 amide bonds. The van der Waals surface area contributed by atoms with E-state index in [0.29, 0.717) is 0 Å². The van der Waals surface area contributed by atoms with Crippen molar-refractivity contribution < 1.29 is 0 Å². The number of hydrogen-bond acceptors (Lipinski definition) is 2. The number of pyridine rings is 1. The molecular weight excluding hydrogens is 234 g/mol. The summed E-state index contributed by atoms with van der Waals surface area (Å²) < 4.78 is 0. The van der Waals surface area contributed by atoms with Gasteiger partial charge in [0.05, 0.1) is 5.69 Å². The average molecular weight is 253 g/mol. The molecule has 0 saturated heterocycles. The summed E-state index contributed by atoms with van der Waals surface area (Å²) in [5, 5.41) is 0. The van der Waals surface area contributed by atoms with Crippen LogP contribution in [0.25, 0.3) is 11.6 Å². The fourth-order valence-electron chi connectivity index (χ4n) is 1.82. The highest BCUT2D eigenvalue weighted by Crippen LogP contribution is 2.12. The van der Waals surface area contributed by atoms with Crippen LogP contribution in [0.1, 0.15) is 37.7 Å². The quantitative estimate of drug-likeness (QED) is 0.788. The van der Waals surface area contributed by atoms with Crippen molar-refractivity contribution in [1.29, 1.82) is 0 Å². The zero-order chi connectivity index (χ0) is 13.3. The minimum atomic E-state index is 0.917. The Hall–Kier alpha value is -2.16. The van der Waals surface area contributed by atoms with Crippen LogP contribution in [0.3, 0.4) is 0 Å². The molecule has 0 fully saturated rings. The molecule has 98 valence electrons. The number of aromatic nitrogens is 3. The first-order chi connectivity index (χ1) is 9.36. The molecule has 2 aromatic heterocycles. The highest BCUT2D eigenvalue weighted by atomic mass is 14.9. The number of nitrogens with zero attached hydrogens (tertiary/aromatic N) is 2. The number of unbranched alkanes of at least 4 members (excludes halogenated alkanes) is 2. The maximum absolute atomic E-state index is 4.33. The molecule has 0 aliphatic heterocycles. The smallest absolute Gasteiger partial charge is 0.129 e. The predicted molar refractivity (Wildman–Crippen MR) is 79.4 cm³/mol. The maximum atomic E-state index is 4.33. The van der Waals surface area contributed by atoms with Crippen molar-refractivity contribution in [3.63, 3.8) is 0 Å². The van der Waals surface area contributed by atoms with Gasteiger partial charge in [-0.05, 0) is 50.0 Å². The fraction of sp³-hybridized carbons (Fsp3) is 0.250. The molecule has 0 aliphatic carbocycles. The third-order valence-corrected chi connectivity index (χ3v) is 2.89. The molecular formula is C16H19N3. The zero-order valence-corrected chi connectivity index (χ0v) is 11.2. The first-order valence-corrected chi connectivity index (χ1v) is 6.60. The monoisotopic (exact) mass is 253 g/mol. The molecule has 0 saturated carbocycles. The molecule has 0 aromatic carbocycles. The van der Waals surface area contributed by atoms with Crippen molar-refractivity contribution in [1.82, 2.24) is 15.0 Å². The Morgan fingerprint density at radius 1 is 1.21 bits per heavy atom. The Balaban J connectivity index is 1.72. The molecule has 0 bridgehead atoms. The van der Waals surface area contributed by atoms with Gasteiger partial charge in [-0.25, -0.2) is 4.98 Å². The number of hydrogen-bond donors (Lipinski definition) is 1. The van der Waals surface area contributed by atoms with Crippen LogP contribution in [0, 0.1) is 0 Å². The van der Waals surface area contributed by atoms with Crippen LogP contribution in [-0.4, -0.2) is 15.0 Å². The number of H-pyrrole nitrogens is 1. The lowest BCUT2D eigenvalue weighted by molar-refractivity contribution is 0.870. The Labute approximate surface area is 114 Å². The summed E-state index contributed by atoms with van der Waals surface area (Å²) in [7, 11) is 0. The van der Waals surface area contributed by atoms with Crippen LogP contribution < -0.4 is 0 Å². The number of aromatic amines is 1. The number of allylic oxidation sites excluding steroid dienone is 3. The van der Waals surface area contributed by atoms with E-state index in [4.69, 9.17) is 0 Å². The predicted octanol–water partition coefficient (Wildman–Crippen LogP) is 4.09. The molecule has 1 N–H and O–H groups in total. The molecule has 3 heteroatoms. The summed E-state index contributed by atoms with van der Waals surface area (Å²) in [6.07, 6.45) is 15.1. The lowest BCUT2D eigenvalue weighted by Crippen LogP contribution is -1.83. The summed E-state index contributed by atoms with van der Waals surface area (Å²) in [6, 6.07) is 6.00. The average Bonchev–Trinajstić information content (AvgIpc) is 2.96. The molecule has 0 radical (unpaired) electrons. The fourth-order valence-corrected chi connectivity index (χ4v) is 1.82. The number of rotatable bonds is 6. The van der Waals surface area contributed by atoms with E-state index in [-0.39, 0.29) is 0 Å². The molecule has 19 heavy (non-hydrogen) atoms. The van der Waals surface area contributed by atoms with Crippen LogP contribution in [0.15, 0.2) is 48.9 Å². The molecule has 3 nitrogen and oxygen atoms in total. The van der Waals surface area contributed by atoms with Crippen LogP contribution in [-0.2, 0) is 0 Å². The van der Waals surface area contributed by atoms with Crippen LogP contribution >= 0.6 is 0 Å². The van der Waals surface area contributed by atoms with Crippen LogP contribution in [0.2, 0.25) is 0 Å². The number of nitrogens with one attached hydrogen (secondary N) is 1. The van der Waals surface area contributed by atoms with Gasteiger partial charge in [0.2, 0.25) is 0 Å². The summed E-state index contributed by atoms with van der Waals surface area (Å²) in [5.41, 5.74) is 2.31. The Kier molecular flexibility index (Phi) is 5.11. The second-order valence-corrected chi connectivity index (χ2v) is 4.41. The highest BCUT2D eigenvalue weighted by molar-refractivity contribution is 5.59. The molecule has 2 heterocycles. The van der Waals surface area contributed by atoms with E-state index in [1.54, 1.807) is 6.20 Å². The third-order valence-electron chi connectivity index (χ3n) is 2.89. The van der Waals surface area contributed by atoms with E-state index >= 15 is 0 Å². The van der Waals surface area contributed by atoms with Crippen molar-refractivity contribution in [2.45, 2.75) is 26.2 Å². The highest BCUT2D eigenvalue weighted by Gasteiger charge is 1.94. The summed E-state index contributed by atoms with van der Waals surface area (Å²) in [5.74, 6) is 0.917. The Morgan fingerprint density at radius 3 is 2.89 bits per heavy atom. The molecule has 0 spiro atoms. The van der Waals surface area contributed by atoms with Gasteiger partial charge in [-0.2, -0.15) is 0 Å². The van der Waals surface area contributed by atoms with Crippen molar-refractivity contribution in [3.05, 3.63) is 60.5 Å². The Morgan fingerprint density at radius 2 is 2.16 bits per heavy atom. The van der Waals surface area contributed by atoms with E-state index in [0.717, 1.165) is 30.8 Å². The van der Waals surface area contributed by atoms with Gasteiger partial charge in [-0.15, -0.1) is 0 Å². The third kappa shape index (κ3) is 4.54. The maximum Gasteiger partial charge on any atom is 0.129 e. The van der Waals surface area contributed by atoms with Crippen molar-refractivity contribution in [3.8, 4) is 0 Å². The minimum Gasteiger partial charge on any atom is -0.345 e. The topological polar surface area (TPSA) is 41.6 Å². The summed E-state index contributed by atoms with van der Waals surface area (Å²) in [4.78, 5) is 11.5. The molecule has 2 rings (SSSR count). The second-order valence-electron chi connectivity index (χ2n) is 4.41. The van der Waals surface area contributed by atoms with Gasteiger partial charge in [0.25, 0.3) is 0 Å². The summed E-state index contributed by atoms with van der Waals surface area (Å²) in [6.45, 7) is 2.11. The lowest BCUT2D eigenvalue weighted by atomic mass is 10.1. The largest absolute Gasteiger partial charge is 0.345 e. The van der Waals surface area contributed by atoms with Gasteiger partial charge in [0, 0.05) is 18.6 Å². The normalized spacial score (nSPS) is 12.2. The zero-order valence-electron chi connectivity index (χ0n) is 11.2. The van der Waals surface area contributed by atoms with Gasteiger partial charge in [0.1, 0.15) is 5.82 Å². The molecule has 0 unspecified atom stereocenters. The van der Waals surface area contributed by atoms with Gasteiger partial charge >= 0.3 is 0 Å². The minimum absolute atomic E-state index is 0.917. The van der Waals surface area contributed by atoms with Crippen LogP contribution in [0.5, 0.6) is 0 Å². The first kappa shape index (κ1) is 13.3. The summed E-state index contributed by atoms with van der Waals surface area (Å²) >= 11 is 0. The lowest BCUT2D eigenvalue weighted by Gasteiger charge is -1.99. The van der Waals surface area contributed by atoms with Crippen molar-refractivity contribution in [2.24, 2.45) is 0 Å². The van der Waals surface area contributed by atoms with Gasteiger partial charge < -0.3 is 4.98 Å². The van der Waals surface area contributed by atoms with E-state index in [1.807, 2.05) is 36.7 Å². The molecule has 0 atom stereocenters. The molecule has 0 aliphatic rings. The second kappa shape index (κ2) is 7.31. The van der Waals surface area contributed by atoms with Gasteiger partial charge in [-0.3, -0.25) is 4.98 Å². The van der Waals surface area contributed by atoms with E-state index in [2.05, 4.69) is 34.0 Å². The van der Waals surface area contributed by atoms with E-state index in [9.17, 15) is 0 Å². The first-order valence-electron chi connectivity index (χ1n) is 6.60. The standard InChI is InChI=1S/C16H19N3/c1-14(15-9-6-7-11-17-15)8-4-2-3-5-10-16-18-12-13-19-16/h5-13H,2-4H2,1H3,(H,18,19)/b10-5+,14-8+. The Bertz CT molecular complexity index is 524.